The quantitative estimate of drug-likeness (QED) is 0.384. The predicted octanol–water partition coefficient (Wildman–Crippen LogP) is -0.988. The molecule has 8 heteroatoms. The van der Waals surface area contributed by atoms with Crippen LogP contribution in [0.5, 0.6) is 0 Å². The smallest absolute Gasteiger partial charge is 0.378 e. The molecule has 0 radical (unpaired) electrons. The van der Waals surface area contributed by atoms with Crippen LogP contribution < -0.4 is 0 Å². The molecule has 0 aromatic rings. The predicted molar refractivity (Wildman–Crippen MR) is 39.2 cm³/mol. The van der Waals surface area contributed by atoms with Crippen molar-refractivity contribution >= 4 is 13.3 Å². The second kappa shape index (κ2) is 1.71. The zero-order chi connectivity index (χ0) is 10.4. The first-order valence-electron chi connectivity index (χ1n) is 3.75. The van der Waals surface area contributed by atoms with E-state index in [1.807, 2.05) is 0 Å². The fourth-order valence-electron chi connectivity index (χ4n) is 1.94. The highest BCUT2D eigenvalue weighted by Gasteiger charge is 3.04. The van der Waals surface area contributed by atoms with Gasteiger partial charge in [-0.25, -0.2) is 4.79 Å². The maximum atomic E-state index is 11.7. The van der Waals surface area contributed by atoms with Crippen molar-refractivity contribution in [3.63, 3.8) is 0 Å². The van der Waals surface area contributed by atoms with Crippen LogP contribution in [0.1, 0.15) is 0 Å². The lowest BCUT2D eigenvalue weighted by Gasteiger charge is -2.19. The van der Waals surface area contributed by atoms with Gasteiger partial charge < -0.3 is 24.6 Å². The second-order valence-corrected chi connectivity index (χ2v) is 5.98. The fraction of sp³-hybridized carbons (Fsp3) is 0.500. The maximum Gasteiger partial charge on any atom is 0.378 e. The van der Waals surface area contributed by atoms with E-state index >= 15 is 0 Å². The van der Waals surface area contributed by atoms with E-state index in [-0.39, 0.29) is 5.76 Å². The monoisotopic (exact) mass is 220 g/mol. The molecule has 0 aliphatic carbocycles. The molecule has 0 saturated carbocycles. The van der Waals surface area contributed by atoms with Crippen molar-refractivity contribution in [2.24, 2.45) is 0 Å². The van der Waals surface area contributed by atoms with Gasteiger partial charge in [-0.1, -0.05) is 0 Å². The van der Waals surface area contributed by atoms with Crippen molar-refractivity contribution in [3.05, 3.63) is 11.5 Å². The minimum atomic E-state index is -3.58. The molecule has 7 nitrogen and oxygen atoms in total. The molecule has 2 fully saturated rings. The molecule has 14 heavy (non-hydrogen) atoms. The molecule has 0 amide bonds. The second-order valence-electron chi connectivity index (χ2n) is 3.33. The minimum absolute atomic E-state index is 0.331. The first-order chi connectivity index (χ1) is 6.44. The van der Waals surface area contributed by atoms with E-state index in [2.05, 4.69) is 9.26 Å². The van der Waals surface area contributed by atoms with Crippen LogP contribution in [0.3, 0.4) is 0 Å². The summed E-state index contributed by atoms with van der Waals surface area (Å²) in [7, 11) is -3.58. The Labute approximate surface area is 77.0 Å². The summed E-state index contributed by atoms with van der Waals surface area (Å²) >= 11 is 0. The number of aliphatic hydroxyl groups excluding tert-OH is 2. The Morgan fingerprint density at radius 1 is 1.50 bits per heavy atom. The third kappa shape index (κ3) is 0.419. The Morgan fingerprint density at radius 3 is 2.57 bits per heavy atom. The molecule has 1 spiro atoms. The molecule has 3 aliphatic heterocycles. The molecule has 0 bridgehead atoms. The van der Waals surface area contributed by atoms with Crippen molar-refractivity contribution in [1.29, 1.82) is 0 Å². The Morgan fingerprint density at radius 2 is 2.14 bits per heavy atom. The van der Waals surface area contributed by atoms with Crippen LogP contribution in [0.4, 0.5) is 0 Å². The van der Waals surface area contributed by atoms with Gasteiger partial charge in [-0.3, -0.25) is 4.57 Å². The van der Waals surface area contributed by atoms with Gasteiger partial charge in [0.1, 0.15) is 0 Å². The average molecular weight is 220 g/mol. The van der Waals surface area contributed by atoms with Crippen molar-refractivity contribution in [3.8, 4) is 0 Å². The summed E-state index contributed by atoms with van der Waals surface area (Å²) in [5.74, 6) is -2.22. The summed E-state index contributed by atoms with van der Waals surface area (Å²) in [6, 6.07) is 0. The Kier molecular flexibility index (Phi) is 1.01. The van der Waals surface area contributed by atoms with E-state index in [1.54, 1.807) is 0 Å². The van der Waals surface area contributed by atoms with E-state index in [9.17, 15) is 14.5 Å². The first-order valence-corrected chi connectivity index (χ1v) is 5.37. The van der Waals surface area contributed by atoms with Crippen LogP contribution in [0, 0.1) is 0 Å². The van der Waals surface area contributed by atoms with Crippen LogP contribution in [0.2, 0.25) is 0 Å². The van der Waals surface area contributed by atoms with Crippen molar-refractivity contribution < 1.29 is 33.9 Å². The molecule has 0 aromatic heterocycles. The number of carbonyl (C=O) groups is 1. The molecule has 3 heterocycles. The molecule has 1 unspecified atom stereocenters. The van der Waals surface area contributed by atoms with Gasteiger partial charge in [0, 0.05) is 0 Å². The number of hydrogen-bond acceptors (Lipinski definition) is 7. The Bertz CT molecular complexity index is 453. The van der Waals surface area contributed by atoms with Crippen molar-refractivity contribution in [2.75, 3.05) is 6.61 Å². The molecular weight excluding hydrogens is 215 g/mol. The van der Waals surface area contributed by atoms with Gasteiger partial charge in [0.2, 0.25) is 16.9 Å². The molecule has 76 valence electrons. The molecule has 3 atom stereocenters. The van der Waals surface area contributed by atoms with Crippen LogP contribution in [0.15, 0.2) is 11.5 Å². The molecule has 3 N–H and O–H groups in total. The van der Waals surface area contributed by atoms with E-state index in [4.69, 9.17) is 10.2 Å². The van der Waals surface area contributed by atoms with Gasteiger partial charge in [-0.15, -0.1) is 0 Å². The maximum absolute atomic E-state index is 11.7. The standard InChI is InChI=1S/C6H5O7P/c7-1-5(10)6-3(13-14(5,6)11)2(8)4(9)12-6/h7-8,10H,1H2/t5-,6-,14?/m1/s1. The topological polar surface area (TPSA) is 113 Å². The zero-order valence-electron chi connectivity index (χ0n) is 6.63. The number of hydrogen-bond donors (Lipinski definition) is 3. The fourth-order valence-corrected chi connectivity index (χ4v) is 4.75. The average Bonchev–Trinajstić information content (AvgIpc) is 2.38. The SMILES string of the molecule is O=C1O[C@]23C(=C1O)OP2(=O)[C@]3(O)CO. The summed E-state index contributed by atoms with van der Waals surface area (Å²) in [5, 5.41) is 23.7. The van der Waals surface area contributed by atoms with Gasteiger partial charge in [-0.05, 0) is 0 Å². The molecule has 3 aliphatic rings. The highest BCUT2D eigenvalue weighted by atomic mass is 31.2. The Hall–Kier alpha value is -1.04. The zero-order valence-corrected chi connectivity index (χ0v) is 7.52. The highest BCUT2D eigenvalue weighted by molar-refractivity contribution is 7.73. The van der Waals surface area contributed by atoms with Crippen LogP contribution >= 0.6 is 7.37 Å². The normalized spacial score (nSPS) is 52.9. The number of aliphatic hydroxyl groups is 3. The van der Waals surface area contributed by atoms with Crippen molar-refractivity contribution in [2.45, 2.75) is 10.7 Å². The summed E-state index contributed by atoms with van der Waals surface area (Å²) in [5.41, 5.74) is 0. The summed E-state index contributed by atoms with van der Waals surface area (Å²) in [6.45, 7) is -0.853. The van der Waals surface area contributed by atoms with E-state index < -0.39 is 36.4 Å². The largest absolute Gasteiger partial charge is 0.499 e. The van der Waals surface area contributed by atoms with Gasteiger partial charge in [-0.2, -0.15) is 0 Å². The highest BCUT2D eigenvalue weighted by Crippen LogP contribution is 3.00. The van der Waals surface area contributed by atoms with E-state index in [0.717, 1.165) is 0 Å². The van der Waals surface area contributed by atoms with Crippen molar-refractivity contribution in [1.82, 2.24) is 0 Å². The van der Waals surface area contributed by atoms with Gasteiger partial charge in [0.05, 0.1) is 6.61 Å². The van der Waals surface area contributed by atoms with E-state index in [0.29, 0.717) is 0 Å². The number of ether oxygens (including phenoxy) is 1. The number of esters is 1. The third-order valence-corrected chi connectivity index (χ3v) is 5.93. The third-order valence-electron chi connectivity index (χ3n) is 2.79. The molecular formula is C6H5O7P. The summed E-state index contributed by atoms with van der Waals surface area (Å²) in [4.78, 5) is 10.9. The minimum Gasteiger partial charge on any atom is -0.499 e. The number of carbonyl (C=O) groups excluding carboxylic acids is 1. The van der Waals surface area contributed by atoms with Crippen LogP contribution in [-0.4, -0.2) is 38.6 Å². The Balaban J connectivity index is 2.20. The lowest BCUT2D eigenvalue weighted by Crippen LogP contribution is -2.32. The molecule has 2 saturated heterocycles. The summed E-state index contributed by atoms with van der Waals surface area (Å²) < 4.78 is 20.9. The van der Waals surface area contributed by atoms with E-state index in [1.165, 1.54) is 0 Å². The van der Waals surface area contributed by atoms with Gasteiger partial charge in [0.15, 0.2) is 0 Å². The number of rotatable bonds is 1. The van der Waals surface area contributed by atoms with Gasteiger partial charge in [0.25, 0.3) is 0 Å². The molecule has 0 aromatic carbocycles. The lowest BCUT2D eigenvalue weighted by atomic mass is 10.2. The van der Waals surface area contributed by atoms with Gasteiger partial charge >= 0.3 is 18.7 Å². The molecule has 3 rings (SSSR count). The summed E-state index contributed by atoms with van der Waals surface area (Å²) in [6.07, 6.45) is 0. The van der Waals surface area contributed by atoms with Crippen LogP contribution in [0.25, 0.3) is 0 Å². The first kappa shape index (κ1) is 8.28. The van der Waals surface area contributed by atoms with Crippen LogP contribution in [-0.2, 0) is 18.6 Å². The lowest BCUT2D eigenvalue weighted by molar-refractivity contribution is -0.148.